The van der Waals surface area contributed by atoms with E-state index in [0.717, 1.165) is 5.56 Å². The molecule has 68 valence electrons. The first-order valence-electron chi connectivity index (χ1n) is 3.75. The molecular weight excluding hydrogens is 251 g/mol. The van der Waals surface area contributed by atoms with Gasteiger partial charge in [0.25, 0.3) is 0 Å². The molecule has 0 atom stereocenters. The van der Waals surface area contributed by atoms with E-state index in [0.29, 0.717) is 10.4 Å². The van der Waals surface area contributed by atoms with Crippen molar-refractivity contribution in [3.8, 4) is 0 Å². The average molecular weight is 260 g/mol. The van der Waals surface area contributed by atoms with Crippen molar-refractivity contribution in [2.24, 2.45) is 0 Å². The summed E-state index contributed by atoms with van der Waals surface area (Å²) in [5.41, 5.74) is 0.860. The van der Waals surface area contributed by atoms with E-state index in [1.165, 1.54) is 6.08 Å². The summed E-state index contributed by atoms with van der Waals surface area (Å²) in [7, 11) is 0. The lowest BCUT2D eigenvalue weighted by molar-refractivity contribution is -0.112. The van der Waals surface area contributed by atoms with Crippen LogP contribution in [-0.2, 0) is 4.79 Å². The third-order valence-electron chi connectivity index (χ3n) is 1.49. The zero-order valence-corrected chi connectivity index (χ0v) is 9.18. The van der Waals surface area contributed by atoms with Gasteiger partial charge in [-0.3, -0.25) is 4.79 Å². The van der Waals surface area contributed by atoms with Crippen LogP contribution in [0.2, 0.25) is 5.02 Å². The van der Waals surface area contributed by atoms with Crippen LogP contribution < -0.4 is 0 Å². The van der Waals surface area contributed by atoms with Crippen molar-refractivity contribution >= 4 is 39.4 Å². The highest BCUT2D eigenvalue weighted by molar-refractivity contribution is 9.09. The zero-order chi connectivity index (χ0) is 9.68. The molecule has 0 aliphatic rings. The number of hydrogen-bond donors (Lipinski definition) is 0. The Labute approximate surface area is 90.5 Å². The molecule has 0 amide bonds. The highest BCUT2D eigenvalue weighted by Gasteiger charge is 1.95. The lowest BCUT2D eigenvalue weighted by Crippen LogP contribution is -1.91. The van der Waals surface area contributed by atoms with Crippen molar-refractivity contribution in [1.82, 2.24) is 0 Å². The summed E-state index contributed by atoms with van der Waals surface area (Å²) in [5, 5.41) is 0.995. The zero-order valence-electron chi connectivity index (χ0n) is 6.84. The number of ketones is 1. The van der Waals surface area contributed by atoms with Gasteiger partial charge in [-0.05, 0) is 23.8 Å². The molecule has 3 heteroatoms. The minimum absolute atomic E-state index is 0.0277. The van der Waals surface area contributed by atoms with Gasteiger partial charge in [0.05, 0.1) is 5.33 Å². The number of hydrogen-bond acceptors (Lipinski definition) is 1. The predicted octanol–water partition coefficient (Wildman–Crippen LogP) is 3.32. The van der Waals surface area contributed by atoms with Crippen molar-refractivity contribution in [2.45, 2.75) is 0 Å². The van der Waals surface area contributed by atoms with Gasteiger partial charge in [-0.2, -0.15) is 0 Å². The minimum atomic E-state index is 0.0277. The first-order valence-corrected chi connectivity index (χ1v) is 5.25. The SMILES string of the molecule is O=C(C=Cc1ccccc1Cl)CBr. The molecule has 0 aliphatic heterocycles. The van der Waals surface area contributed by atoms with Crippen molar-refractivity contribution in [2.75, 3.05) is 5.33 Å². The van der Waals surface area contributed by atoms with Crippen molar-refractivity contribution in [1.29, 1.82) is 0 Å². The Morgan fingerprint density at radius 2 is 2.15 bits per heavy atom. The smallest absolute Gasteiger partial charge is 0.166 e. The van der Waals surface area contributed by atoms with Gasteiger partial charge in [0.15, 0.2) is 5.78 Å². The Hall–Kier alpha value is -0.600. The molecule has 0 unspecified atom stereocenters. The fourth-order valence-corrected chi connectivity index (χ4v) is 1.22. The Morgan fingerprint density at radius 1 is 1.46 bits per heavy atom. The number of benzene rings is 1. The van der Waals surface area contributed by atoms with Gasteiger partial charge in [0.2, 0.25) is 0 Å². The maximum absolute atomic E-state index is 10.9. The predicted molar refractivity (Wildman–Crippen MR) is 59.3 cm³/mol. The summed E-state index contributed by atoms with van der Waals surface area (Å²) in [6.45, 7) is 0. The van der Waals surface area contributed by atoms with E-state index < -0.39 is 0 Å². The average Bonchev–Trinajstić information content (AvgIpc) is 2.16. The van der Waals surface area contributed by atoms with Gasteiger partial charge >= 0.3 is 0 Å². The van der Waals surface area contributed by atoms with Gasteiger partial charge in [-0.15, -0.1) is 0 Å². The fourth-order valence-electron chi connectivity index (χ4n) is 0.838. The molecule has 0 bridgehead atoms. The largest absolute Gasteiger partial charge is 0.294 e. The molecular formula is C10H8BrClO. The first-order chi connectivity index (χ1) is 6.24. The Morgan fingerprint density at radius 3 is 2.77 bits per heavy atom. The van der Waals surface area contributed by atoms with Gasteiger partial charge < -0.3 is 0 Å². The Kier molecular flexibility index (Phi) is 4.19. The quantitative estimate of drug-likeness (QED) is 0.601. The summed E-state index contributed by atoms with van der Waals surface area (Å²) >= 11 is 8.95. The van der Waals surface area contributed by atoms with Gasteiger partial charge in [0, 0.05) is 5.02 Å². The van der Waals surface area contributed by atoms with Crippen LogP contribution >= 0.6 is 27.5 Å². The fraction of sp³-hybridized carbons (Fsp3) is 0.100. The molecule has 0 heterocycles. The molecule has 0 radical (unpaired) electrons. The van der Waals surface area contributed by atoms with E-state index >= 15 is 0 Å². The van der Waals surface area contributed by atoms with Crippen molar-refractivity contribution in [3.63, 3.8) is 0 Å². The van der Waals surface area contributed by atoms with Crippen LogP contribution in [0.1, 0.15) is 5.56 Å². The molecule has 0 fully saturated rings. The van der Waals surface area contributed by atoms with E-state index in [-0.39, 0.29) is 5.78 Å². The number of carbonyl (C=O) groups is 1. The molecule has 1 aromatic carbocycles. The normalized spacial score (nSPS) is 10.6. The van der Waals surface area contributed by atoms with Crippen LogP contribution in [-0.4, -0.2) is 11.1 Å². The molecule has 0 aromatic heterocycles. The number of allylic oxidation sites excluding steroid dienone is 1. The van der Waals surface area contributed by atoms with Crippen LogP contribution in [0.5, 0.6) is 0 Å². The molecule has 0 N–H and O–H groups in total. The van der Waals surface area contributed by atoms with Gasteiger partial charge in [0.1, 0.15) is 0 Å². The summed E-state index contributed by atoms with van der Waals surface area (Å²) in [5.74, 6) is 0.0277. The van der Waals surface area contributed by atoms with E-state index in [1.807, 2.05) is 18.2 Å². The number of carbonyl (C=O) groups excluding carboxylic acids is 1. The second-order valence-corrected chi connectivity index (χ2v) is 3.42. The maximum Gasteiger partial charge on any atom is 0.166 e. The highest BCUT2D eigenvalue weighted by Crippen LogP contribution is 2.16. The van der Waals surface area contributed by atoms with Gasteiger partial charge in [-0.25, -0.2) is 0 Å². The van der Waals surface area contributed by atoms with Crippen LogP contribution in [0.15, 0.2) is 30.3 Å². The van der Waals surface area contributed by atoms with Crippen LogP contribution in [0.3, 0.4) is 0 Å². The second-order valence-electron chi connectivity index (χ2n) is 2.45. The van der Waals surface area contributed by atoms with Crippen molar-refractivity contribution < 1.29 is 4.79 Å². The molecule has 0 saturated carbocycles. The number of rotatable bonds is 3. The Bertz CT molecular complexity index is 333. The second kappa shape index (κ2) is 5.20. The highest BCUT2D eigenvalue weighted by atomic mass is 79.9. The first kappa shape index (κ1) is 10.5. The molecule has 13 heavy (non-hydrogen) atoms. The molecule has 0 aliphatic carbocycles. The summed E-state index contributed by atoms with van der Waals surface area (Å²) in [6.07, 6.45) is 3.22. The number of alkyl halides is 1. The Balaban J connectivity index is 2.80. The number of halogens is 2. The summed E-state index contributed by atoms with van der Waals surface area (Å²) < 4.78 is 0. The monoisotopic (exact) mass is 258 g/mol. The topological polar surface area (TPSA) is 17.1 Å². The van der Waals surface area contributed by atoms with Crippen LogP contribution in [0, 0.1) is 0 Å². The minimum Gasteiger partial charge on any atom is -0.294 e. The lowest BCUT2D eigenvalue weighted by Gasteiger charge is -1.95. The van der Waals surface area contributed by atoms with E-state index in [9.17, 15) is 4.79 Å². The summed E-state index contributed by atoms with van der Waals surface area (Å²) in [4.78, 5) is 10.9. The van der Waals surface area contributed by atoms with Crippen LogP contribution in [0.4, 0.5) is 0 Å². The van der Waals surface area contributed by atoms with Crippen LogP contribution in [0.25, 0.3) is 6.08 Å². The molecule has 1 aromatic rings. The van der Waals surface area contributed by atoms with E-state index in [4.69, 9.17) is 11.6 Å². The van der Waals surface area contributed by atoms with E-state index in [1.54, 1.807) is 12.1 Å². The lowest BCUT2D eigenvalue weighted by atomic mass is 10.2. The molecule has 0 spiro atoms. The van der Waals surface area contributed by atoms with E-state index in [2.05, 4.69) is 15.9 Å². The molecule has 1 rings (SSSR count). The third-order valence-corrected chi connectivity index (χ3v) is 2.38. The van der Waals surface area contributed by atoms with Crippen molar-refractivity contribution in [3.05, 3.63) is 40.9 Å². The third kappa shape index (κ3) is 3.33. The summed E-state index contributed by atoms with van der Waals surface area (Å²) in [6, 6.07) is 7.39. The van der Waals surface area contributed by atoms with Gasteiger partial charge in [-0.1, -0.05) is 45.7 Å². The maximum atomic E-state index is 10.9. The standard InChI is InChI=1S/C10H8BrClO/c11-7-9(13)6-5-8-3-1-2-4-10(8)12/h1-6H,7H2. The molecule has 1 nitrogen and oxygen atoms in total. The molecule has 0 saturated heterocycles.